The number of hydrogen-bond acceptors (Lipinski definition) is 8. The molecule has 0 spiro atoms. The number of aliphatic imine (C=N–C) groups is 1. The predicted molar refractivity (Wildman–Crippen MR) is 94.0 cm³/mol. The van der Waals surface area contributed by atoms with Gasteiger partial charge in [0.05, 0.1) is 18.4 Å². The number of nitrogens with one attached hydrogen (secondary N) is 2. The van der Waals surface area contributed by atoms with Crippen LogP contribution < -0.4 is 10.8 Å². The number of amides is 1. The topological polar surface area (TPSA) is 133 Å². The van der Waals surface area contributed by atoms with E-state index < -0.39 is 0 Å². The summed E-state index contributed by atoms with van der Waals surface area (Å²) >= 11 is 1.05. The number of rotatable bonds is 7. The van der Waals surface area contributed by atoms with Crippen LogP contribution in [0.15, 0.2) is 32.8 Å². The third-order valence-corrected chi connectivity index (χ3v) is 4.95. The first-order valence-corrected chi connectivity index (χ1v) is 9.20. The van der Waals surface area contributed by atoms with Gasteiger partial charge in [0.15, 0.2) is 16.6 Å². The van der Waals surface area contributed by atoms with E-state index in [0.29, 0.717) is 6.42 Å². The minimum atomic E-state index is -0.345. The Bertz CT molecular complexity index is 844. The Balaban J connectivity index is 1.76. The van der Waals surface area contributed by atoms with Crippen LogP contribution >= 0.6 is 11.8 Å². The van der Waals surface area contributed by atoms with Gasteiger partial charge in [-0.15, -0.1) is 0 Å². The van der Waals surface area contributed by atoms with E-state index in [-0.39, 0.29) is 53.2 Å². The number of carbonyl (C=O) groups is 1. The lowest BCUT2D eigenvalue weighted by Gasteiger charge is -2.09. The van der Waals surface area contributed by atoms with Crippen molar-refractivity contribution >= 4 is 23.5 Å². The smallest absolute Gasteiger partial charge is 0.230 e. The summed E-state index contributed by atoms with van der Waals surface area (Å²) in [5, 5.41) is 28.4. The number of amidine groups is 1. The molecule has 1 aromatic carbocycles. The normalized spacial score (nSPS) is 16.3. The number of aromatic nitrogens is 2. The first-order valence-electron chi connectivity index (χ1n) is 8.22. The van der Waals surface area contributed by atoms with Gasteiger partial charge in [0.1, 0.15) is 5.82 Å². The molecular weight excluding hydrogens is 377 g/mol. The number of benzene rings is 1. The van der Waals surface area contributed by atoms with Crippen molar-refractivity contribution in [3.63, 3.8) is 0 Å². The summed E-state index contributed by atoms with van der Waals surface area (Å²) in [4.78, 5) is 16.1. The maximum Gasteiger partial charge on any atom is 0.230 e. The highest BCUT2D eigenvalue weighted by Crippen LogP contribution is 2.35. The van der Waals surface area contributed by atoms with Crippen molar-refractivity contribution in [2.24, 2.45) is 4.99 Å². The number of hydroxylamine groups is 1. The second-order valence-corrected chi connectivity index (χ2v) is 6.73. The molecule has 27 heavy (non-hydrogen) atoms. The Hall–Kier alpha value is -2.50. The number of carbonyl (C=O) groups excluding carboxylic acids is 1. The van der Waals surface area contributed by atoms with Gasteiger partial charge in [0.25, 0.3) is 0 Å². The van der Waals surface area contributed by atoms with Crippen LogP contribution in [0.5, 0.6) is 0 Å². The van der Waals surface area contributed by atoms with Crippen molar-refractivity contribution in [1.29, 1.82) is 0 Å². The highest BCUT2D eigenvalue weighted by atomic mass is 32.2. The van der Waals surface area contributed by atoms with Crippen molar-refractivity contribution < 1.29 is 24.1 Å². The van der Waals surface area contributed by atoms with Crippen molar-refractivity contribution in [2.45, 2.75) is 23.9 Å². The molecular formula is C16H18FN5O4S. The number of nitrogens with zero attached hydrogens (tertiary/aromatic N) is 3. The van der Waals surface area contributed by atoms with Gasteiger partial charge in [-0.25, -0.2) is 9.02 Å². The van der Waals surface area contributed by atoms with E-state index in [9.17, 15) is 14.4 Å². The Labute approximate surface area is 158 Å². The monoisotopic (exact) mass is 395 g/mol. The summed E-state index contributed by atoms with van der Waals surface area (Å²) < 4.78 is 18.3. The van der Waals surface area contributed by atoms with E-state index in [1.807, 2.05) is 5.48 Å². The molecule has 9 nitrogen and oxygen atoms in total. The fourth-order valence-corrected chi connectivity index (χ4v) is 3.51. The molecule has 1 aliphatic carbocycles. The molecule has 1 heterocycles. The largest absolute Gasteiger partial charge is 0.395 e. The molecule has 0 radical (unpaired) electrons. The van der Waals surface area contributed by atoms with E-state index in [4.69, 9.17) is 9.74 Å². The number of fused-ring (bicyclic) bond motifs is 1. The lowest BCUT2D eigenvalue weighted by molar-refractivity contribution is -0.118. The first-order chi connectivity index (χ1) is 13.1. The number of aliphatic hydroxyl groups excluding tert-OH is 1. The van der Waals surface area contributed by atoms with Gasteiger partial charge in [0.2, 0.25) is 5.91 Å². The molecule has 2 aromatic rings. The Morgan fingerprint density at radius 2 is 2.30 bits per heavy atom. The molecule has 0 aliphatic heterocycles. The number of aryl methyl sites for hydroxylation is 1. The van der Waals surface area contributed by atoms with Gasteiger partial charge in [-0.1, -0.05) is 17.8 Å². The molecule has 0 bridgehead atoms. The maximum atomic E-state index is 13.5. The Kier molecular flexibility index (Phi) is 6.37. The fourth-order valence-electron chi connectivity index (χ4n) is 2.78. The zero-order chi connectivity index (χ0) is 19.2. The van der Waals surface area contributed by atoms with Gasteiger partial charge in [-0.05, 0) is 46.4 Å². The molecule has 1 aliphatic rings. The highest BCUT2D eigenvalue weighted by Gasteiger charge is 2.25. The molecule has 1 amide bonds. The van der Waals surface area contributed by atoms with Crippen LogP contribution in [-0.4, -0.2) is 51.3 Å². The predicted octanol–water partition coefficient (Wildman–Crippen LogP) is 0.822. The molecule has 3 rings (SSSR count). The SMILES string of the molecule is O=C(CSc1nonc1C(=NC1CCc2ccc(F)cc21)NO)NCCO. The molecule has 1 unspecified atom stereocenters. The second kappa shape index (κ2) is 8.93. The summed E-state index contributed by atoms with van der Waals surface area (Å²) in [5.74, 6) is -0.588. The van der Waals surface area contributed by atoms with E-state index in [1.165, 1.54) is 12.1 Å². The van der Waals surface area contributed by atoms with Gasteiger partial charge in [-0.3, -0.25) is 20.5 Å². The van der Waals surface area contributed by atoms with Crippen LogP contribution in [-0.2, 0) is 11.2 Å². The zero-order valence-electron chi connectivity index (χ0n) is 14.2. The first kappa shape index (κ1) is 19.3. The standard InChI is InChI=1S/C16H18FN5O4S/c17-10-3-1-9-2-4-12(11(9)7-10)19-15(20-25)14-16(22-26-21-14)27-8-13(24)18-5-6-23/h1,3,7,12,23,25H,2,4-6,8H2,(H,18,24)(H,19,20). The lowest BCUT2D eigenvalue weighted by Crippen LogP contribution is -2.28. The average molecular weight is 395 g/mol. The highest BCUT2D eigenvalue weighted by molar-refractivity contribution is 8.00. The Morgan fingerprint density at radius 1 is 1.44 bits per heavy atom. The average Bonchev–Trinajstić information content (AvgIpc) is 3.29. The molecule has 4 N–H and O–H groups in total. The summed E-state index contributed by atoms with van der Waals surface area (Å²) in [5.41, 5.74) is 3.91. The number of aliphatic hydroxyl groups is 1. The second-order valence-electron chi connectivity index (χ2n) is 5.77. The number of halogens is 1. The molecule has 0 saturated heterocycles. The van der Waals surface area contributed by atoms with Crippen molar-refractivity contribution in [3.05, 3.63) is 40.8 Å². The molecule has 1 atom stereocenters. The van der Waals surface area contributed by atoms with Crippen LogP contribution in [0.1, 0.15) is 29.3 Å². The van der Waals surface area contributed by atoms with Crippen LogP contribution in [0.25, 0.3) is 0 Å². The maximum absolute atomic E-state index is 13.5. The minimum absolute atomic E-state index is 0.0247. The van der Waals surface area contributed by atoms with E-state index >= 15 is 0 Å². The fraction of sp³-hybridized carbons (Fsp3) is 0.375. The van der Waals surface area contributed by atoms with Crippen LogP contribution in [0, 0.1) is 5.82 Å². The third-order valence-electron chi connectivity index (χ3n) is 4.00. The van der Waals surface area contributed by atoms with Crippen LogP contribution in [0.2, 0.25) is 0 Å². The van der Waals surface area contributed by atoms with Crippen molar-refractivity contribution in [2.75, 3.05) is 18.9 Å². The van der Waals surface area contributed by atoms with E-state index in [2.05, 4.69) is 20.6 Å². The van der Waals surface area contributed by atoms with Crippen LogP contribution in [0.3, 0.4) is 0 Å². The third kappa shape index (κ3) is 4.62. The van der Waals surface area contributed by atoms with Crippen molar-refractivity contribution in [3.8, 4) is 0 Å². The Morgan fingerprint density at radius 3 is 3.07 bits per heavy atom. The van der Waals surface area contributed by atoms with E-state index in [0.717, 1.165) is 29.3 Å². The van der Waals surface area contributed by atoms with Gasteiger partial charge < -0.3 is 10.4 Å². The summed E-state index contributed by atoms with van der Waals surface area (Å²) in [6.07, 6.45) is 1.42. The van der Waals surface area contributed by atoms with Gasteiger partial charge >= 0.3 is 0 Å². The summed E-state index contributed by atoms with van der Waals surface area (Å²) in [6.45, 7) is 0.00767. The number of hydrogen-bond donors (Lipinski definition) is 4. The summed E-state index contributed by atoms with van der Waals surface area (Å²) in [6, 6.07) is 4.24. The van der Waals surface area contributed by atoms with E-state index in [1.54, 1.807) is 6.07 Å². The van der Waals surface area contributed by atoms with Gasteiger partial charge in [-0.2, -0.15) is 0 Å². The minimum Gasteiger partial charge on any atom is -0.395 e. The quantitative estimate of drug-likeness (QED) is 0.234. The summed E-state index contributed by atoms with van der Waals surface area (Å²) in [7, 11) is 0. The lowest BCUT2D eigenvalue weighted by atomic mass is 10.1. The molecule has 0 fully saturated rings. The number of thioether (sulfide) groups is 1. The zero-order valence-corrected chi connectivity index (χ0v) is 15.0. The molecule has 11 heteroatoms. The van der Waals surface area contributed by atoms with Crippen LogP contribution in [0.4, 0.5) is 4.39 Å². The molecule has 0 saturated carbocycles. The molecule has 1 aromatic heterocycles. The molecule has 144 valence electrons. The van der Waals surface area contributed by atoms with Crippen molar-refractivity contribution in [1.82, 2.24) is 21.1 Å². The van der Waals surface area contributed by atoms with Gasteiger partial charge in [0, 0.05) is 6.54 Å².